The predicted octanol–water partition coefficient (Wildman–Crippen LogP) is 2.98. The Morgan fingerprint density at radius 3 is 2.24 bits per heavy atom. The number of hydrazine groups is 1. The summed E-state index contributed by atoms with van der Waals surface area (Å²) in [6, 6.07) is 0.181. The normalized spacial score (nSPS) is 45.8. The van der Waals surface area contributed by atoms with E-state index in [0.717, 1.165) is 11.5 Å². The maximum Gasteiger partial charge on any atom is 0.115 e. The zero-order chi connectivity index (χ0) is 14.7. The number of rotatable bonds is 3. The summed E-state index contributed by atoms with van der Waals surface area (Å²) in [6.45, 7) is 5.00. The van der Waals surface area contributed by atoms with Gasteiger partial charge in [0, 0.05) is 18.0 Å². The molecule has 0 saturated heterocycles. The van der Waals surface area contributed by atoms with Crippen LogP contribution in [-0.2, 0) is 0 Å². The van der Waals surface area contributed by atoms with E-state index in [1.54, 1.807) is 6.33 Å². The van der Waals surface area contributed by atoms with Crippen molar-refractivity contribution in [3.05, 3.63) is 24.3 Å². The zero-order valence-corrected chi connectivity index (χ0v) is 13.1. The molecule has 1 aromatic heterocycles. The summed E-state index contributed by atoms with van der Waals surface area (Å²) in [4.78, 5) is 8.42. The molecule has 4 aliphatic rings. The smallest absolute Gasteiger partial charge is 0.115 e. The summed E-state index contributed by atoms with van der Waals surface area (Å²) in [5.41, 5.74) is 5.56. The molecule has 0 radical (unpaired) electrons. The van der Waals surface area contributed by atoms with Crippen molar-refractivity contribution in [3.8, 4) is 0 Å². The lowest BCUT2D eigenvalue weighted by molar-refractivity contribution is -0.159. The first-order chi connectivity index (χ1) is 9.96. The highest BCUT2D eigenvalue weighted by molar-refractivity contribution is 5.20. The second-order valence-electron chi connectivity index (χ2n) is 8.76. The van der Waals surface area contributed by atoms with Crippen LogP contribution in [0, 0.1) is 22.2 Å². The summed E-state index contributed by atoms with van der Waals surface area (Å²) in [5.74, 6) is 6.88. The van der Waals surface area contributed by atoms with Gasteiger partial charge in [0.2, 0.25) is 0 Å². The molecule has 4 fully saturated rings. The van der Waals surface area contributed by atoms with Crippen LogP contribution in [0.1, 0.15) is 64.0 Å². The topological polar surface area (TPSA) is 63.8 Å². The number of aromatic nitrogens is 2. The Morgan fingerprint density at radius 1 is 1.10 bits per heavy atom. The quantitative estimate of drug-likeness (QED) is 0.662. The van der Waals surface area contributed by atoms with E-state index < -0.39 is 0 Å². The van der Waals surface area contributed by atoms with Crippen LogP contribution in [0.5, 0.6) is 0 Å². The Kier molecular flexibility index (Phi) is 2.77. The largest absolute Gasteiger partial charge is 0.271 e. The maximum absolute atomic E-state index is 6.01. The molecule has 4 nitrogen and oxygen atoms in total. The molecular weight excluding hydrogens is 260 g/mol. The van der Waals surface area contributed by atoms with Crippen LogP contribution in [0.15, 0.2) is 18.7 Å². The first kappa shape index (κ1) is 13.6. The summed E-state index contributed by atoms with van der Waals surface area (Å²) in [5, 5.41) is 0. The average Bonchev–Trinajstić information content (AvgIpc) is 2.36. The molecule has 0 amide bonds. The van der Waals surface area contributed by atoms with Crippen molar-refractivity contribution in [2.75, 3.05) is 0 Å². The van der Waals surface area contributed by atoms with E-state index in [-0.39, 0.29) is 11.5 Å². The van der Waals surface area contributed by atoms with Crippen molar-refractivity contribution in [2.45, 2.75) is 58.4 Å². The number of hydrogen-bond acceptors (Lipinski definition) is 4. The van der Waals surface area contributed by atoms with E-state index in [4.69, 9.17) is 5.84 Å². The molecule has 0 aromatic carbocycles. The van der Waals surface area contributed by atoms with Gasteiger partial charge in [-0.25, -0.2) is 9.97 Å². The molecule has 3 atom stereocenters. The second-order valence-corrected chi connectivity index (χ2v) is 8.76. The molecule has 4 heteroatoms. The van der Waals surface area contributed by atoms with E-state index in [1.165, 1.54) is 38.5 Å². The third-order valence-corrected chi connectivity index (χ3v) is 6.36. The molecule has 4 bridgehead atoms. The van der Waals surface area contributed by atoms with Gasteiger partial charge in [0.1, 0.15) is 6.33 Å². The van der Waals surface area contributed by atoms with Gasteiger partial charge in [-0.05, 0) is 60.7 Å². The fourth-order valence-corrected chi connectivity index (χ4v) is 6.94. The Morgan fingerprint density at radius 2 is 1.71 bits per heavy atom. The van der Waals surface area contributed by atoms with Crippen LogP contribution in [0.2, 0.25) is 0 Å². The van der Waals surface area contributed by atoms with Crippen LogP contribution >= 0.6 is 0 Å². The summed E-state index contributed by atoms with van der Waals surface area (Å²) < 4.78 is 0. The highest BCUT2D eigenvalue weighted by atomic mass is 15.2. The van der Waals surface area contributed by atoms with Crippen LogP contribution < -0.4 is 11.3 Å². The second kappa shape index (κ2) is 4.26. The van der Waals surface area contributed by atoms with Crippen molar-refractivity contribution in [3.63, 3.8) is 0 Å². The molecule has 3 N–H and O–H groups in total. The average molecular weight is 286 g/mol. The number of nitrogens with two attached hydrogens (primary N) is 1. The molecule has 21 heavy (non-hydrogen) atoms. The zero-order valence-electron chi connectivity index (χ0n) is 13.1. The first-order valence-electron chi connectivity index (χ1n) is 8.17. The van der Waals surface area contributed by atoms with Gasteiger partial charge in [-0.1, -0.05) is 13.8 Å². The van der Waals surface area contributed by atoms with Gasteiger partial charge in [-0.2, -0.15) is 0 Å². The summed E-state index contributed by atoms with van der Waals surface area (Å²) in [6.07, 6.45) is 13.6. The highest BCUT2D eigenvalue weighted by Gasteiger charge is 2.62. The van der Waals surface area contributed by atoms with Crippen molar-refractivity contribution < 1.29 is 0 Å². The maximum atomic E-state index is 6.01. The van der Waals surface area contributed by atoms with Gasteiger partial charge in [-0.15, -0.1) is 0 Å². The lowest BCUT2D eigenvalue weighted by atomic mass is 9.39. The number of nitrogens with one attached hydrogen (secondary N) is 1. The van der Waals surface area contributed by atoms with Crippen molar-refractivity contribution in [2.24, 2.45) is 28.0 Å². The molecule has 1 aromatic rings. The lowest BCUT2D eigenvalue weighted by Crippen LogP contribution is -2.59. The van der Waals surface area contributed by atoms with Gasteiger partial charge in [0.25, 0.3) is 0 Å². The summed E-state index contributed by atoms with van der Waals surface area (Å²) >= 11 is 0. The van der Waals surface area contributed by atoms with Gasteiger partial charge in [-0.3, -0.25) is 11.3 Å². The number of hydrogen-bond donors (Lipinski definition) is 2. The van der Waals surface area contributed by atoms with E-state index in [1.807, 2.05) is 12.4 Å². The standard InChI is InChI=1S/C17H26N4/c1-15-3-12-4-16(2,8-15)10-17(5-12,9-15)14(21-18)13-6-19-11-20-7-13/h6-7,11-12,14,21H,3-5,8-10,18H2,1-2H3. The third-order valence-electron chi connectivity index (χ3n) is 6.36. The SMILES string of the molecule is CC12CC3CC(C)(C1)CC(C(NN)c1cncnc1)(C3)C2. The molecule has 5 rings (SSSR count). The van der Waals surface area contributed by atoms with Crippen molar-refractivity contribution >= 4 is 0 Å². The minimum absolute atomic E-state index is 0.181. The predicted molar refractivity (Wildman–Crippen MR) is 81.9 cm³/mol. The van der Waals surface area contributed by atoms with Gasteiger partial charge in [0.15, 0.2) is 0 Å². The van der Waals surface area contributed by atoms with E-state index in [0.29, 0.717) is 10.8 Å². The van der Waals surface area contributed by atoms with Crippen LogP contribution in [0.3, 0.4) is 0 Å². The van der Waals surface area contributed by atoms with Crippen molar-refractivity contribution in [1.82, 2.24) is 15.4 Å². The lowest BCUT2D eigenvalue weighted by Gasteiger charge is -2.67. The molecule has 4 saturated carbocycles. The minimum atomic E-state index is 0.181. The Bertz CT molecular complexity index is 525. The molecule has 3 unspecified atom stereocenters. The monoisotopic (exact) mass is 286 g/mol. The van der Waals surface area contributed by atoms with E-state index in [9.17, 15) is 0 Å². The molecule has 4 aliphatic carbocycles. The van der Waals surface area contributed by atoms with Crippen LogP contribution in [0.4, 0.5) is 0 Å². The minimum Gasteiger partial charge on any atom is -0.271 e. The fraction of sp³-hybridized carbons (Fsp3) is 0.765. The molecule has 0 aliphatic heterocycles. The first-order valence-corrected chi connectivity index (χ1v) is 8.17. The third kappa shape index (κ3) is 2.03. The number of nitrogens with zero attached hydrogens (tertiary/aromatic N) is 2. The van der Waals surface area contributed by atoms with Crippen LogP contribution in [0.25, 0.3) is 0 Å². The fourth-order valence-electron chi connectivity index (χ4n) is 6.94. The highest BCUT2D eigenvalue weighted by Crippen LogP contribution is 2.72. The Hall–Kier alpha value is -1.00. The van der Waals surface area contributed by atoms with Gasteiger partial charge in [0.05, 0.1) is 6.04 Å². The van der Waals surface area contributed by atoms with Gasteiger partial charge < -0.3 is 0 Å². The van der Waals surface area contributed by atoms with E-state index >= 15 is 0 Å². The van der Waals surface area contributed by atoms with Crippen LogP contribution in [-0.4, -0.2) is 9.97 Å². The van der Waals surface area contributed by atoms with Gasteiger partial charge >= 0.3 is 0 Å². The molecular formula is C17H26N4. The summed E-state index contributed by atoms with van der Waals surface area (Å²) in [7, 11) is 0. The van der Waals surface area contributed by atoms with E-state index in [2.05, 4.69) is 29.2 Å². The Balaban J connectivity index is 1.76. The van der Waals surface area contributed by atoms with Crippen molar-refractivity contribution in [1.29, 1.82) is 0 Å². The molecule has 114 valence electrons. The molecule has 0 spiro atoms. The Labute approximate surface area is 126 Å². The molecule has 1 heterocycles.